The third-order valence-electron chi connectivity index (χ3n) is 3.41. The smallest absolute Gasteiger partial charge is 0.316 e. The zero-order valence-electron chi connectivity index (χ0n) is 13.8. The van der Waals surface area contributed by atoms with Gasteiger partial charge < -0.3 is 10.1 Å². The molecule has 1 aromatic carbocycles. The van der Waals surface area contributed by atoms with Gasteiger partial charge in [-0.2, -0.15) is 0 Å². The Morgan fingerprint density at radius 3 is 2.75 bits per heavy atom. The van der Waals surface area contributed by atoms with Crippen LogP contribution in [0.4, 0.5) is 5.13 Å². The van der Waals surface area contributed by atoms with Gasteiger partial charge in [-0.3, -0.25) is 9.59 Å². The number of rotatable bonds is 7. The Morgan fingerprint density at radius 1 is 1.25 bits per heavy atom. The van der Waals surface area contributed by atoms with Crippen molar-refractivity contribution in [3.63, 3.8) is 0 Å². The van der Waals surface area contributed by atoms with Crippen LogP contribution >= 0.6 is 23.1 Å². The topological polar surface area (TPSA) is 81.2 Å². The van der Waals surface area contributed by atoms with E-state index < -0.39 is 0 Å². The van der Waals surface area contributed by atoms with Gasteiger partial charge in [0.15, 0.2) is 4.34 Å². The van der Waals surface area contributed by atoms with Crippen molar-refractivity contribution < 1.29 is 14.3 Å². The lowest BCUT2D eigenvalue weighted by molar-refractivity contribution is -0.137. The molecule has 0 bridgehead atoms. The Morgan fingerprint density at radius 2 is 2.04 bits per heavy atom. The van der Waals surface area contributed by atoms with Crippen LogP contribution in [-0.2, 0) is 20.7 Å². The molecule has 1 N–H and O–H groups in total. The second-order valence-electron chi connectivity index (χ2n) is 5.20. The SMILES string of the molecule is COC(=O)CSc1nnc(NC(=O)CCc2ccc(C)c(C)c2)s1. The standard InChI is InChI=1S/C16H19N3O3S2/c1-10-4-5-12(8-11(10)2)6-7-13(20)17-15-18-19-16(24-15)23-9-14(21)22-3/h4-5,8H,6-7,9H2,1-3H3,(H,17,18,20). The molecule has 0 radical (unpaired) electrons. The molecule has 1 aromatic heterocycles. The summed E-state index contributed by atoms with van der Waals surface area (Å²) in [4.78, 5) is 23.1. The summed E-state index contributed by atoms with van der Waals surface area (Å²) >= 11 is 2.47. The van der Waals surface area contributed by atoms with E-state index in [1.54, 1.807) is 0 Å². The van der Waals surface area contributed by atoms with Gasteiger partial charge in [-0.1, -0.05) is 41.3 Å². The van der Waals surface area contributed by atoms with Gasteiger partial charge >= 0.3 is 5.97 Å². The van der Waals surface area contributed by atoms with Crippen LogP contribution in [0.25, 0.3) is 0 Å². The molecule has 24 heavy (non-hydrogen) atoms. The zero-order chi connectivity index (χ0) is 17.5. The van der Waals surface area contributed by atoms with Gasteiger partial charge in [0.05, 0.1) is 12.9 Å². The minimum absolute atomic E-state index is 0.103. The predicted molar refractivity (Wildman–Crippen MR) is 95.5 cm³/mol. The summed E-state index contributed by atoms with van der Waals surface area (Å²) in [7, 11) is 1.34. The molecular weight excluding hydrogens is 346 g/mol. The normalized spacial score (nSPS) is 10.5. The predicted octanol–water partition coefficient (Wildman–Crippen LogP) is 2.99. The molecule has 1 amide bonds. The highest BCUT2D eigenvalue weighted by atomic mass is 32.2. The van der Waals surface area contributed by atoms with E-state index in [0.717, 1.165) is 5.56 Å². The number of carbonyl (C=O) groups excluding carboxylic acids is 2. The van der Waals surface area contributed by atoms with Crippen LogP contribution in [0.15, 0.2) is 22.5 Å². The van der Waals surface area contributed by atoms with E-state index in [1.807, 2.05) is 6.07 Å². The minimum Gasteiger partial charge on any atom is -0.468 e. The van der Waals surface area contributed by atoms with Crippen molar-refractivity contribution in [3.05, 3.63) is 34.9 Å². The fraction of sp³-hybridized carbons (Fsp3) is 0.375. The van der Waals surface area contributed by atoms with E-state index in [4.69, 9.17) is 0 Å². The number of benzene rings is 1. The summed E-state index contributed by atoms with van der Waals surface area (Å²) in [6.07, 6.45) is 1.06. The quantitative estimate of drug-likeness (QED) is 0.461. The van der Waals surface area contributed by atoms with Crippen LogP contribution in [-0.4, -0.2) is 34.9 Å². The Hall–Kier alpha value is -1.93. The lowest BCUT2D eigenvalue weighted by Crippen LogP contribution is -2.12. The molecule has 1 heterocycles. The van der Waals surface area contributed by atoms with Gasteiger partial charge in [0, 0.05) is 6.42 Å². The molecule has 0 saturated carbocycles. The highest BCUT2D eigenvalue weighted by molar-refractivity contribution is 8.01. The van der Waals surface area contributed by atoms with Gasteiger partial charge in [0.1, 0.15) is 0 Å². The van der Waals surface area contributed by atoms with E-state index in [1.165, 1.54) is 41.3 Å². The Bertz CT molecular complexity index is 731. The zero-order valence-corrected chi connectivity index (χ0v) is 15.4. The summed E-state index contributed by atoms with van der Waals surface area (Å²) < 4.78 is 5.18. The summed E-state index contributed by atoms with van der Waals surface area (Å²) in [5, 5.41) is 11.0. The van der Waals surface area contributed by atoms with Crippen molar-refractivity contribution in [2.24, 2.45) is 0 Å². The minimum atomic E-state index is -0.325. The molecule has 0 atom stereocenters. The molecule has 0 aliphatic carbocycles. The van der Waals surface area contributed by atoms with Crippen molar-refractivity contribution >= 4 is 40.1 Å². The van der Waals surface area contributed by atoms with Crippen LogP contribution in [0, 0.1) is 13.8 Å². The molecule has 0 spiro atoms. The van der Waals surface area contributed by atoms with Crippen LogP contribution in [0.5, 0.6) is 0 Å². The molecule has 0 fully saturated rings. The number of anilines is 1. The van der Waals surface area contributed by atoms with Crippen molar-refractivity contribution in [1.82, 2.24) is 10.2 Å². The van der Waals surface area contributed by atoms with Crippen LogP contribution in [0.3, 0.4) is 0 Å². The average Bonchev–Trinajstić information content (AvgIpc) is 3.01. The first-order chi connectivity index (χ1) is 11.5. The van der Waals surface area contributed by atoms with E-state index in [2.05, 4.69) is 46.2 Å². The number of ether oxygens (including phenoxy) is 1. The van der Waals surface area contributed by atoms with Gasteiger partial charge in [-0.05, 0) is 37.0 Å². The molecule has 0 saturated heterocycles. The Kier molecular flexibility index (Phi) is 6.74. The molecule has 6 nitrogen and oxygen atoms in total. The number of aryl methyl sites for hydroxylation is 3. The highest BCUT2D eigenvalue weighted by Crippen LogP contribution is 2.25. The number of nitrogens with one attached hydrogen (secondary N) is 1. The summed E-state index contributed by atoms with van der Waals surface area (Å²) in [6, 6.07) is 6.22. The maximum absolute atomic E-state index is 12.0. The van der Waals surface area contributed by atoms with Crippen LogP contribution < -0.4 is 5.32 Å². The molecule has 128 valence electrons. The molecule has 0 unspecified atom stereocenters. The number of thioether (sulfide) groups is 1. The fourth-order valence-electron chi connectivity index (χ4n) is 1.90. The second-order valence-corrected chi connectivity index (χ2v) is 7.40. The second kappa shape index (κ2) is 8.79. The highest BCUT2D eigenvalue weighted by Gasteiger charge is 2.11. The van der Waals surface area contributed by atoms with Crippen molar-refractivity contribution in [2.75, 3.05) is 18.2 Å². The molecule has 2 aromatic rings. The first-order valence-corrected chi connectivity index (χ1v) is 9.17. The van der Waals surface area contributed by atoms with Crippen molar-refractivity contribution in [3.8, 4) is 0 Å². The summed E-state index contributed by atoms with van der Waals surface area (Å²) in [5.74, 6) is -0.255. The third kappa shape index (κ3) is 5.61. The number of carbonyl (C=O) groups is 2. The molecular formula is C16H19N3O3S2. The number of esters is 1. The maximum atomic E-state index is 12.0. The monoisotopic (exact) mass is 365 g/mol. The number of nitrogens with zero attached hydrogens (tertiary/aromatic N) is 2. The van der Waals surface area contributed by atoms with E-state index in [-0.39, 0.29) is 17.6 Å². The number of hydrogen-bond donors (Lipinski definition) is 1. The van der Waals surface area contributed by atoms with Gasteiger partial charge in [0.25, 0.3) is 0 Å². The maximum Gasteiger partial charge on any atom is 0.316 e. The van der Waals surface area contributed by atoms with Crippen molar-refractivity contribution in [2.45, 2.75) is 31.0 Å². The molecule has 0 aliphatic heterocycles. The lowest BCUT2D eigenvalue weighted by Gasteiger charge is -2.05. The number of hydrogen-bond acceptors (Lipinski definition) is 7. The number of methoxy groups -OCH3 is 1. The van der Waals surface area contributed by atoms with E-state index >= 15 is 0 Å². The van der Waals surface area contributed by atoms with Gasteiger partial charge in [0.2, 0.25) is 11.0 Å². The molecule has 0 aliphatic rings. The number of amides is 1. The Labute approximate surface area is 149 Å². The van der Waals surface area contributed by atoms with Crippen LogP contribution in [0.1, 0.15) is 23.1 Å². The van der Waals surface area contributed by atoms with Crippen LogP contribution in [0.2, 0.25) is 0 Å². The van der Waals surface area contributed by atoms with Crippen molar-refractivity contribution in [1.29, 1.82) is 0 Å². The van der Waals surface area contributed by atoms with Gasteiger partial charge in [-0.15, -0.1) is 10.2 Å². The summed E-state index contributed by atoms with van der Waals surface area (Å²) in [5.41, 5.74) is 3.61. The largest absolute Gasteiger partial charge is 0.468 e. The lowest BCUT2D eigenvalue weighted by atomic mass is 10.0. The first-order valence-electron chi connectivity index (χ1n) is 7.37. The molecule has 2 rings (SSSR count). The summed E-state index contributed by atoms with van der Waals surface area (Å²) in [6.45, 7) is 4.13. The number of aromatic nitrogens is 2. The fourth-order valence-corrected chi connectivity index (χ4v) is 3.50. The Balaban J connectivity index is 1.80. The van der Waals surface area contributed by atoms with Gasteiger partial charge in [-0.25, -0.2) is 0 Å². The molecule has 8 heteroatoms. The van der Waals surface area contributed by atoms with E-state index in [0.29, 0.717) is 22.3 Å². The average molecular weight is 365 g/mol. The van der Waals surface area contributed by atoms with E-state index in [9.17, 15) is 9.59 Å². The third-order valence-corrected chi connectivity index (χ3v) is 5.35. The first kappa shape index (κ1) is 18.4.